The minimum Gasteiger partial charge on any atom is -0.382 e. The summed E-state index contributed by atoms with van der Waals surface area (Å²) in [7, 11) is 1.67. The van der Waals surface area contributed by atoms with Crippen molar-refractivity contribution in [3.8, 4) is 0 Å². The molecular formula is C9H16O3. The van der Waals surface area contributed by atoms with Crippen molar-refractivity contribution in [2.45, 2.75) is 12.5 Å². The van der Waals surface area contributed by atoms with Gasteiger partial charge in [-0.05, 0) is 6.42 Å². The smallest absolute Gasteiger partial charge is 0.0844 e. The number of methoxy groups -OCH3 is 1. The fourth-order valence-corrected chi connectivity index (χ4v) is 1.07. The molecule has 70 valence electrons. The van der Waals surface area contributed by atoms with E-state index in [9.17, 15) is 0 Å². The van der Waals surface area contributed by atoms with E-state index < -0.39 is 0 Å². The lowest BCUT2D eigenvalue weighted by Gasteiger charge is -2.13. The van der Waals surface area contributed by atoms with Gasteiger partial charge in [-0.25, -0.2) is 0 Å². The monoisotopic (exact) mass is 172 g/mol. The molecule has 0 aliphatic carbocycles. The van der Waals surface area contributed by atoms with Gasteiger partial charge in [0.1, 0.15) is 0 Å². The van der Waals surface area contributed by atoms with Gasteiger partial charge in [-0.3, -0.25) is 0 Å². The quantitative estimate of drug-likeness (QED) is 0.467. The van der Waals surface area contributed by atoms with Gasteiger partial charge < -0.3 is 14.2 Å². The van der Waals surface area contributed by atoms with Crippen LogP contribution in [0.1, 0.15) is 6.42 Å². The first-order chi connectivity index (χ1) is 5.93. The molecule has 0 radical (unpaired) electrons. The molecule has 1 atom stereocenters. The zero-order valence-electron chi connectivity index (χ0n) is 7.49. The van der Waals surface area contributed by atoms with E-state index in [4.69, 9.17) is 14.2 Å². The molecular weight excluding hydrogens is 156 g/mol. The van der Waals surface area contributed by atoms with Gasteiger partial charge in [0, 0.05) is 7.11 Å². The third-order valence-corrected chi connectivity index (χ3v) is 1.72. The Labute approximate surface area is 73.3 Å². The van der Waals surface area contributed by atoms with Gasteiger partial charge in [-0.15, -0.1) is 0 Å². The van der Waals surface area contributed by atoms with Gasteiger partial charge in [0.2, 0.25) is 0 Å². The van der Waals surface area contributed by atoms with E-state index in [0.29, 0.717) is 26.4 Å². The molecule has 1 rings (SSSR count). The zero-order chi connectivity index (χ0) is 8.65. The fraction of sp³-hybridized carbons (Fsp3) is 0.778. The molecule has 0 N–H and O–H groups in total. The number of ether oxygens (including phenoxy) is 3. The molecule has 0 saturated carbocycles. The number of rotatable bonds is 4. The topological polar surface area (TPSA) is 27.7 Å². The predicted octanol–water partition coefficient (Wildman–Crippen LogP) is 0.995. The van der Waals surface area contributed by atoms with Crippen molar-refractivity contribution in [2.24, 2.45) is 0 Å². The van der Waals surface area contributed by atoms with Gasteiger partial charge in [0.05, 0.1) is 32.5 Å². The van der Waals surface area contributed by atoms with Crippen molar-refractivity contribution < 1.29 is 14.2 Å². The first-order valence-corrected chi connectivity index (χ1v) is 4.26. The Bertz CT molecular complexity index is 134. The molecule has 3 nitrogen and oxygen atoms in total. The highest BCUT2D eigenvalue weighted by Crippen LogP contribution is 2.04. The van der Waals surface area contributed by atoms with Crippen LogP contribution in [-0.2, 0) is 14.2 Å². The summed E-state index contributed by atoms with van der Waals surface area (Å²) in [6.45, 7) is 2.71. The minimum atomic E-state index is 0.207. The average molecular weight is 172 g/mol. The Morgan fingerprint density at radius 1 is 1.42 bits per heavy atom. The summed E-state index contributed by atoms with van der Waals surface area (Å²) in [5.41, 5.74) is 0. The maximum absolute atomic E-state index is 5.50. The summed E-state index contributed by atoms with van der Waals surface area (Å²) in [6, 6.07) is 0. The molecule has 0 bridgehead atoms. The standard InChI is InChI=1S/C9H16O3/c1-10-6-7-12-9-4-2-3-5-11-8-9/h2-3,9H,4-8H2,1H3/t9-/m1/s1. The molecule has 0 saturated heterocycles. The maximum atomic E-state index is 5.50. The van der Waals surface area contributed by atoms with Crippen LogP contribution in [0, 0.1) is 0 Å². The normalized spacial score (nSPS) is 23.9. The van der Waals surface area contributed by atoms with Crippen molar-refractivity contribution in [3.05, 3.63) is 12.2 Å². The van der Waals surface area contributed by atoms with Crippen LogP contribution in [0.5, 0.6) is 0 Å². The van der Waals surface area contributed by atoms with Gasteiger partial charge in [-0.1, -0.05) is 12.2 Å². The van der Waals surface area contributed by atoms with E-state index in [1.54, 1.807) is 7.11 Å². The lowest BCUT2D eigenvalue weighted by Crippen LogP contribution is -2.20. The van der Waals surface area contributed by atoms with Crippen molar-refractivity contribution in [2.75, 3.05) is 33.5 Å². The first kappa shape index (κ1) is 9.71. The van der Waals surface area contributed by atoms with Crippen molar-refractivity contribution in [1.29, 1.82) is 0 Å². The van der Waals surface area contributed by atoms with Crippen molar-refractivity contribution >= 4 is 0 Å². The fourth-order valence-electron chi connectivity index (χ4n) is 1.07. The highest BCUT2D eigenvalue weighted by Gasteiger charge is 2.08. The molecule has 3 heteroatoms. The summed E-state index contributed by atoms with van der Waals surface area (Å²) in [5.74, 6) is 0. The van der Waals surface area contributed by atoms with Crippen LogP contribution in [0.15, 0.2) is 12.2 Å². The summed E-state index contributed by atoms with van der Waals surface area (Å²) >= 11 is 0. The van der Waals surface area contributed by atoms with Crippen LogP contribution >= 0.6 is 0 Å². The molecule has 12 heavy (non-hydrogen) atoms. The van der Waals surface area contributed by atoms with Crippen LogP contribution in [0.4, 0.5) is 0 Å². The van der Waals surface area contributed by atoms with Crippen LogP contribution in [0.25, 0.3) is 0 Å². The second-order valence-corrected chi connectivity index (χ2v) is 2.73. The molecule has 1 heterocycles. The second kappa shape index (κ2) is 6.17. The van der Waals surface area contributed by atoms with Gasteiger partial charge in [-0.2, -0.15) is 0 Å². The van der Waals surface area contributed by atoms with Crippen molar-refractivity contribution in [1.82, 2.24) is 0 Å². The third-order valence-electron chi connectivity index (χ3n) is 1.72. The molecule has 0 amide bonds. The van der Waals surface area contributed by atoms with Crippen LogP contribution in [-0.4, -0.2) is 39.6 Å². The van der Waals surface area contributed by atoms with Crippen LogP contribution < -0.4 is 0 Å². The van der Waals surface area contributed by atoms with Crippen LogP contribution in [0.2, 0.25) is 0 Å². The lowest BCUT2D eigenvalue weighted by molar-refractivity contribution is -0.0227. The van der Waals surface area contributed by atoms with Gasteiger partial charge in [0.15, 0.2) is 0 Å². The highest BCUT2D eigenvalue weighted by atomic mass is 16.5. The molecule has 0 aromatic carbocycles. The summed E-state index contributed by atoms with van der Waals surface area (Å²) in [4.78, 5) is 0. The summed E-state index contributed by atoms with van der Waals surface area (Å²) in [6.07, 6.45) is 5.28. The van der Waals surface area contributed by atoms with Crippen LogP contribution in [0.3, 0.4) is 0 Å². The Morgan fingerprint density at radius 2 is 2.33 bits per heavy atom. The SMILES string of the molecule is COCCO[C@@H]1CC=CCOC1. The largest absolute Gasteiger partial charge is 0.382 e. The number of hydrogen-bond donors (Lipinski definition) is 0. The summed E-state index contributed by atoms with van der Waals surface area (Å²) < 4.78 is 15.7. The molecule has 1 aliphatic rings. The van der Waals surface area contributed by atoms with Gasteiger partial charge in [0.25, 0.3) is 0 Å². The third kappa shape index (κ3) is 3.85. The molecule has 0 spiro atoms. The van der Waals surface area contributed by atoms with Gasteiger partial charge >= 0.3 is 0 Å². The highest BCUT2D eigenvalue weighted by molar-refractivity contribution is 4.87. The molecule has 0 aromatic rings. The Hall–Kier alpha value is -0.380. The summed E-state index contributed by atoms with van der Waals surface area (Å²) in [5, 5.41) is 0. The van der Waals surface area contributed by atoms with E-state index in [2.05, 4.69) is 6.08 Å². The molecule has 1 aliphatic heterocycles. The molecule has 0 fully saturated rings. The Morgan fingerprint density at radius 3 is 3.17 bits per heavy atom. The lowest BCUT2D eigenvalue weighted by atomic mass is 10.2. The maximum Gasteiger partial charge on any atom is 0.0844 e. The Balaban J connectivity index is 2.09. The average Bonchev–Trinajstić information content (AvgIpc) is 2.33. The van der Waals surface area contributed by atoms with E-state index in [1.165, 1.54) is 0 Å². The van der Waals surface area contributed by atoms with E-state index in [0.717, 1.165) is 6.42 Å². The first-order valence-electron chi connectivity index (χ1n) is 4.26. The Kier molecular flexibility index (Phi) is 4.99. The van der Waals surface area contributed by atoms with E-state index in [-0.39, 0.29) is 6.10 Å². The second-order valence-electron chi connectivity index (χ2n) is 2.73. The zero-order valence-corrected chi connectivity index (χ0v) is 7.49. The molecule has 0 aromatic heterocycles. The number of hydrogen-bond acceptors (Lipinski definition) is 3. The predicted molar refractivity (Wildman–Crippen MR) is 46.2 cm³/mol. The van der Waals surface area contributed by atoms with E-state index in [1.807, 2.05) is 6.08 Å². The van der Waals surface area contributed by atoms with Crippen molar-refractivity contribution in [3.63, 3.8) is 0 Å². The van der Waals surface area contributed by atoms with E-state index >= 15 is 0 Å². The minimum absolute atomic E-state index is 0.207. The molecule has 0 unspecified atom stereocenters.